The number of aliphatic hydroxyl groups is 7. The van der Waals surface area contributed by atoms with Crippen molar-refractivity contribution < 1.29 is 59.4 Å². The van der Waals surface area contributed by atoms with Crippen LogP contribution < -0.4 is 0 Å². The summed E-state index contributed by atoms with van der Waals surface area (Å²) in [5.74, 6) is 0.949. The summed E-state index contributed by atoms with van der Waals surface area (Å²) >= 11 is 0. The Balaban J connectivity index is 1.11. The third-order valence-corrected chi connectivity index (χ3v) is 14.0. The molecular weight excluding hydrogens is 600 g/mol. The molecule has 266 valence electrons. The van der Waals surface area contributed by atoms with Gasteiger partial charge in [-0.2, -0.15) is 0 Å². The van der Waals surface area contributed by atoms with E-state index in [-0.39, 0.29) is 23.4 Å². The Kier molecular flexibility index (Phi) is 9.99. The van der Waals surface area contributed by atoms with Crippen LogP contribution in [0.5, 0.6) is 0 Å². The number of ether oxygens (including phenoxy) is 5. The maximum Gasteiger partial charge on any atom is 0.186 e. The average molecular weight is 659 g/mol. The SMILES string of the molecule is COC1C(O)C(C)OC(O[C@H]2CC[C@@]3(C)C(CC[C@@H]4[C@@H]3CC[C@]3(C)[C@@H](C(C)OC5OC(CO)C(O)C(O)C5O)CC[C@]43O)C2)C1O. The van der Waals surface area contributed by atoms with Crippen molar-refractivity contribution in [1.82, 2.24) is 0 Å². The Hall–Kier alpha value is -0.480. The molecule has 19 atom stereocenters. The molecule has 2 heterocycles. The maximum atomic E-state index is 12.7. The van der Waals surface area contributed by atoms with Crippen LogP contribution in [0.4, 0.5) is 0 Å². The molecule has 0 radical (unpaired) electrons. The van der Waals surface area contributed by atoms with Crippen LogP contribution in [0.25, 0.3) is 0 Å². The first-order valence-corrected chi connectivity index (χ1v) is 17.6. The van der Waals surface area contributed by atoms with Gasteiger partial charge >= 0.3 is 0 Å². The average Bonchev–Trinajstić information content (AvgIpc) is 3.31. The van der Waals surface area contributed by atoms with Crippen molar-refractivity contribution in [2.24, 2.45) is 34.5 Å². The van der Waals surface area contributed by atoms with E-state index in [1.165, 1.54) is 7.11 Å². The Bertz CT molecular complexity index is 1060. The summed E-state index contributed by atoms with van der Waals surface area (Å²) in [6.07, 6.45) is -3.35. The van der Waals surface area contributed by atoms with Crippen molar-refractivity contribution in [2.45, 2.75) is 165 Å². The van der Waals surface area contributed by atoms with Gasteiger partial charge in [0.1, 0.15) is 42.7 Å². The fourth-order valence-corrected chi connectivity index (χ4v) is 11.2. The first kappa shape index (κ1) is 35.3. The topological polar surface area (TPSA) is 188 Å². The minimum absolute atomic E-state index is 0.000702. The summed E-state index contributed by atoms with van der Waals surface area (Å²) in [6.45, 7) is 7.77. The molecular formula is C34H58O12. The molecule has 12 heteroatoms. The monoisotopic (exact) mass is 658 g/mol. The summed E-state index contributed by atoms with van der Waals surface area (Å²) in [5.41, 5.74) is -1.21. The van der Waals surface area contributed by atoms with Crippen molar-refractivity contribution >= 4 is 0 Å². The minimum Gasteiger partial charge on any atom is -0.394 e. The van der Waals surface area contributed by atoms with E-state index >= 15 is 0 Å². The van der Waals surface area contributed by atoms with Crippen molar-refractivity contribution in [2.75, 3.05) is 13.7 Å². The molecule has 46 heavy (non-hydrogen) atoms. The summed E-state index contributed by atoms with van der Waals surface area (Å²) in [4.78, 5) is 0. The zero-order valence-corrected chi connectivity index (χ0v) is 28.0. The predicted octanol–water partition coefficient (Wildman–Crippen LogP) is 0.832. The fraction of sp³-hybridized carbons (Fsp3) is 1.00. The first-order valence-electron chi connectivity index (χ1n) is 17.6. The first-order chi connectivity index (χ1) is 21.7. The number of rotatable bonds is 7. The summed E-state index contributed by atoms with van der Waals surface area (Å²) in [6, 6.07) is 0. The molecule has 0 bridgehead atoms. The van der Waals surface area contributed by atoms with Gasteiger partial charge in [0.25, 0.3) is 0 Å². The molecule has 0 spiro atoms. The van der Waals surface area contributed by atoms with Crippen molar-refractivity contribution in [3.05, 3.63) is 0 Å². The van der Waals surface area contributed by atoms with Crippen LogP contribution in [-0.2, 0) is 23.7 Å². The summed E-state index contributed by atoms with van der Waals surface area (Å²) < 4.78 is 29.5. The number of methoxy groups -OCH3 is 1. The van der Waals surface area contributed by atoms with Crippen molar-refractivity contribution in [3.63, 3.8) is 0 Å². The Labute approximate surface area is 272 Å². The normalized spacial score (nSPS) is 56.5. The van der Waals surface area contributed by atoms with Gasteiger partial charge in [-0.05, 0) is 101 Å². The molecule has 4 saturated carbocycles. The van der Waals surface area contributed by atoms with Crippen LogP contribution >= 0.6 is 0 Å². The zero-order chi connectivity index (χ0) is 33.3. The number of aliphatic hydroxyl groups excluding tert-OH is 6. The van der Waals surface area contributed by atoms with Crippen molar-refractivity contribution in [1.29, 1.82) is 0 Å². The number of hydrogen-bond acceptors (Lipinski definition) is 12. The van der Waals surface area contributed by atoms with E-state index in [1.54, 1.807) is 6.92 Å². The highest BCUT2D eigenvalue weighted by atomic mass is 16.7. The Morgan fingerprint density at radius 3 is 2.24 bits per heavy atom. The highest BCUT2D eigenvalue weighted by Crippen LogP contribution is 2.69. The quantitative estimate of drug-likeness (QED) is 0.191. The van der Waals surface area contributed by atoms with Gasteiger partial charge in [-0.25, -0.2) is 0 Å². The minimum atomic E-state index is -1.50. The Morgan fingerprint density at radius 2 is 1.54 bits per heavy atom. The zero-order valence-electron chi connectivity index (χ0n) is 28.0. The third kappa shape index (κ3) is 5.51. The number of fused-ring (bicyclic) bond motifs is 5. The molecule has 0 aromatic carbocycles. The molecule has 2 aliphatic heterocycles. The molecule has 7 N–H and O–H groups in total. The second kappa shape index (κ2) is 13.0. The van der Waals surface area contributed by atoms with Crippen LogP contribution in [0.2, 0.25) is 0 Å². The van der Waals surface area contributed by atoms with Crippen molar-refractivity contribution in [3.8, 4) is 0 Å². The molecule has 4 aliphatic carbocycles. The predicted molar refractivity (Wildman–Crippen MR) is 163 cm³/mol. The standard InChI is InChI=1S/C34H58O12/c1-16(43-30-27(39)26(38)25(37)23(15-35)46-30)20-10-13-34(41)22-7-6-18-14-19(8-11-32(18,3)21(22)9-12-33(20,34)4)45-31-28(40)29(42-5)24(36)17(2)44-31/h16-31,35-41H,6-15H2,1-5H3/t16?,17?,18?,19-,20+,21-,22+,23?,24?,25?,26?,27?,28?,29?,30?,31?,32-,33+,34-/m0/s1. The van der Waals surface area contributed by atoms with E-state index in [9.17, 15) is 35.7 Å². The van der Waals surface area contributed by atoms with Crippen LogP contribution in [0.1, 0.15) is 85.5 Å². The van der Waals surface area contributed by atoms with E-state index in [0.29, 0.717) is 18.3 Å². The molecule has 2 saturated heterocycles. The molecule has 0 aromatic heterocycles. The highest BCUT2D eigenvalue weighted by Gasteiger charge is 2.68. The summed E-state index contributed by atoms with van der Waals surface area (Å²) in [5, 5.41) is 74.5. The largest absolute Gasteiger partial charge is 0.394 e. The molecule has 6 aliphatic rings. The Morgan fingerprint density at radius 1 is 0.804 bits per heavy atom. The molecule has 0 aromatic rings. The van der Waals surface area contributed by atoms with E-state index in [2.05, 4.69) is 13.8 Å². The second-order valence-electron chi connectivity index (χ2n) is 16.0. The highest BCUT2D eigenvalue weighted by molar-refractivity contribution is 5.17. The van der Waals surface area contributed by atoms with Crippen LogP contribution in [0, 0.1) is 34.5 Å². The van der Waals surface area contributed by atoms with Gasteiger partial charge in [0.2, 0.25) is 0 Å². The lowest BCUT2D eigenvalue weighted by molar-refractivity contribution is -0.318. The fourth-order valence-electron chi connectivity index (χ4n) is 11.2. The van der Waals surface area contributed by atoms with E-state index in [0.717, 1.165) is 51.4 Å². The van der Waals surface area contributed by atoms with E-state index in [1.807, 2.05) is 6.92 Å². The van der Waals surface area contributed by atoms with Crippen LogP contribution in [-0.4, -0.2) is 129 Å². The molecule has 6 fully saturated rings. The third-order valence-electron chi connectivity index (χ3n) is 14.0. The van der Waals surface area contributed by atoms with E-state index in [4.69, 9.17) is 23.7 Å². The smallest absolute Gasteiger partial charge is 0.186 e. The van der Waals surface area contributed by atoms with Gasteiger partial charge in [0, 0.05) is 12.5 Å². The lowest BCUT2D eigenvalue weighted by Gasteiger charge is -2.64. The van der Waals surface area contributed by atoms with Crippen LogP contribution in [0.3, 0.4) is 0 Å². The lowest BCUT2D eigenvalue weighted by Crippen LogP contribution is -2.63. The van der Waals surface area contributed by atoms with Gasteiger partial charge in [-0.15, -0.1) is 0 Å². The number of hydrogen-bond donors (Lipinski definition) is 7. The summed E-state index contributed by atoms with van der Waals surface area (Å²) in [7, 11) is 1.47. The van der Waals surface area contributed by atoms with Gasteiger partial charge in [-0.1, -0.05) is 13.8 Å². The second-order valence-corrected chi connectivity index (χ2v) is 16.0. The van der Waals surface area contributed by atoms with Crippen LogP contribution in [0.15, 0.2) is 0 Å². The molecule has 6 rings (SSSR count). The van der Waals surface area contributed by atoms with Gasteiger partial charge < -0.3 is 59.4 Å². The lowest BCUT2D eigenvalue weighted by atomic mass is 9.43. The van der Waals surface area contributed by atoms with Gasteiger partial charge in [-0.3, -0.25) is 0 Å². The van der Waals surface area contributed by atoms with Gasteiger partial charge in [0.05, 0.1) is 30.5 Å². The molecule has 12 unspecified atom stereocenters. The molecule has 12 nitrogen and oxygen atoms in total. The molecule has 0 amide bonds. The van der Waals surface area contributed by atoms with E-state index < -0.39 is 85.1 Å². The maximum absolute atomic E-state index is 12.7. The van der Waals surface area contributed by atoms with Gasteiger partial charge in [0.15, 0.2) is 12.6 Å².